The number of carbonyl (C=O) groups is 1. The number of carbonyl (C=O) groups excluding carboxylic acids is 1. The molecule has 2 aromatic heterocycles. The van der Waals surface area contributed by atoms with Crippen LogP contribution >= 0.6 is 0 Å². The van der Waals surface area contributed by atoms with E-state index in [9.17, 15) is 4.79 Å². The van der Waals surface area contributed by atoms with Crippen LogP contribution in [0, 0.1) is 0 Å². The standard InChI is InChI=1S/C29H39N7O2/c1-22(14-19-36-17-5-16-31-36)34(2)26-15-18-35(21-26)25-11-8-23(9-12-25)32-29(37)33-24-10-13-28(30-20-24)38-27-6-3-4-7-27/h5,8-13,16-17,20,22,26-27H,3-4,6-7,14-15,18-19,21H2,1-2H3,(H2,32,33,37). The second-order valence-corrected chi connectivity index (χ2v) is 10.5. The molecular formula is C29H39N7O2. The van der Waals surface area contributed by atoms with Crippen molar-refractivity contribution in [1.29, 1.82) is 0 Å². The van der Waals surface area contributed by atoms with Crippen LogP contribution in [0.3, 0.4) is 0 Å². The molecule has 3 heterocycles. The molecule has 1 saturated heterocycles. The van der Waals surface area contributed by atoms with Crippen molar-refractivity contribution < 1.29 is 9.53 Å². The highest BCUT2D eigenvalue weighted by molar-refractivity contribution is 5.99. The molecule has 1 aliphatic heterocycles. The van der Waals surface area contributed by atoms with Crippen molar-refractivity contribution in [3.63, 3.8) is 0 Å². The maximum absolute atomic E-state index is 12.5. The lowest BCUT2D eigenvalue weighted by atomic mass is 10.1. The third kappa shape index (κ3) is 6.83. The number of aromatic nitrogens is 3. The summed E-state index contributed by atoms with van der Waals surface area (Å²) in [6.45, 7) is 5.27. The largest absolute Gasteiger partial charge is 0.474 e. The number of nitrogens with one attached hydrogen (secondary N) is 2. The number of nitrogens with zero attached hydrogens (tertiary/aromatic N) is 5. The molecule has 2 aliphatic rings. The quantitative estimate of drug-likeness (QED) is 0.383. The fourth-order valence-corrected chi connectivity index (χ4v) is 5.37. The average Bonchev–Trinajstić information content (AvgIpc) is 3.72. The normalized spacial score (nSPS) is 18.6. The molecule has 2 atom stereocenters. The van der Waals surface area contributed by atoms with Crippen LogP contribution in [0.25, 0.3) is 0 Å². The van der Waals surface area contributed by atoms with E-state index < -0.39 is 0 Å². The van der Waals surface area contributed by atoms with Gasteiger partial charge in [0.05, 0.1) is 11.9 Å². The summed E-state index contributed by atoms with van der Waals surface area (Å²) in [4.78, 5) is 21.8. The summed E-state index contributed by atoms with van der Waals surface area (Å²) in [7, 11) is 2.24. The minimum atomic E-state index is -0.295. The Morgan fingerprint density at radius 1 is 1.11 bits per heavy atom. The van der Waals surface area contributed by atoms with Crippen molar-refractivity contribution in [2.75, 3.05) is 35.7 Å². The highest BCUT2D eigenvalue weighted by Crippen LogP contribution is 2.26. The number of ether oxygens (including phenoxy) is 1. The van der Waals surface area contributed by atoms with Gasteiger partial charge in [-0.25, -0.2) is 9.78 Å². The van der Waals surface area contributed by atoms with Gasteiger partial charge in [0.1, 0.15) is 6.10 Å². The minimum absolute atomic E-state index is 0.265. The Hall–Kier alpha value is -3.59. The van der Waals surface area contributed by atoms with E-state index in [1.165, 1.54) is 18.5 Å². The molecule has 0 spiro atoms. The zero-order valence-electron chi connectivity index (χ0n) is 22.4. The lowest BCUT2D eigenvalue weighted by Gasteiger charge is -2.31. The lowest BCUT2D eigenvalue weighted by molar-refractivity contribution is 0.182. The summed E-state index contributed by atoms with van der Waals surface area (Å²) in [5.74, 6) is 0.609. The van der Waals surface area contributed by atoms with E-state index in [4.69, 9.17) is 4.74 Å². The summed E-state index contributed by atoms with van der Waals surface area (Å²) in [6.07, 6.45) is 12.6. The molecule has 2 fully saturated rings. The number of pyridine rings is 1. The summed E-state index contributed by atoms with van der Waals surface area (Å²) in [6, 6.07) is 14.4. The molecule has 38 heavy (non-hydrogen) atoms. The van der Waals surface area contributed by atoms with E-state index in [1.54, 1.807) is 6.20 Å². The first-order valence-electron chi connectivity index (χ1n) is 13.8. The van der Waals surface area contributed by atoms with Crippen LogP contribution < -0.4 is 20.3 Å². The molecule has 1 saturated carbocycles. The van der Waals surface area contributed by atoms with Crippen molar-refractivity contribution in [3.8, 4) is 5.88 Å². The van der Waals surface area contributed by atoms with E-state index in [0.29, 0.717) is 23.7 Å². The molecule has 9 nitrogen and oxygen atoms in total. The number of aryl methyl sites for hydroxylation is 1. The molecule has 9 heteroatoms. The number of likely N-dealkylation sites (N-methyl/N-ethyl adjacent to an activating group) is 1. The summed E-state index contributed by atoms with van der Waals surface area (Å²) in [5, 5.41) is 10.1. The van der Waals surface area contributed by atoms with Crippen molar-refractivity contribution in [2.45, 2.75) is 70.2 Å². The molecule has 202 valence electrons. The van der Waals surface area contributed by atoms with E-state index >= 15 is 0 Å². The van der Waals surface area contributed by atoms with Gasteiger partial charge in [-0.1, -0.05) is 0 Å². The highest BCUT2D eigenvalue weighted by atomic mass is 16.5. The SMILES string of the molecule is CC(CCn1cccn1)N(C)C1CCN(c2ccc(NC(=O)Nc3ccc(OC4CCCC4)nc3)cc2)C1. The maximum Gasteiger partial charge on any atom is 0.323 e. The van der Waals surface area contributed by atoms with Crippen LogP contribution in [0.2, 0.25) is 0 Å². The maximum atomic E-state index is 12.5. The number of urea groups is 1. The molecule has 2 unspecified atom stereocenters. The van der Waals surface area contributed by atoms with Crippen LogP contribution in [0.4, 0.5) is 21.9 Å². The van der Waals surface area contributed by atoms with Gasteiger partial charge in [-0.3, -0.25) is 9.58 Å². The zero-order valence-corrected chi connectivity index (χ0v) is 22.4. The smallest absolute Gasteiger partial charge is 0.323 e. The number of amides is 2. The molecule has 1 aliphatic carbocycles. The Kier molecular flexibility index (Phi) is 8.43. The topological polar surface area (TPSA) is 87.6 Å². The fourth-order valence-electron chi connectivity index (χ4n) is 5.37. The molecule has 5 rings (SSSR count). The number of anilines is 3. The molecule has 1 aromatic carbocycles. The number of benzene rings is 1. The van der Waals surface area contributed by atoms with Gasteiger partial charge in [-0.15, -0.1) is 0 Å². The van der Waals surface area contributed by atoms with Gasteiger partial charge < -0.3 is 20.3 Å². The van der Waals surface area contributed by atoms with Crippen molar-refractivity contribution >= 4 is 23.1 Å². The Bertz CT molecular complexity index is 1140. The molecule has 0 bridgehead atoms. The predicted molar refractivity (Wildman–Crippen MR) is 151 cm³/mol. The zero-order chi connectivity index (χ0) is 26.3. The molecule has 2 amide bonds. The number of hydrogen-bond donors (Lipinski definition) is 2. The first-order chi connectivity index (χ1) is 18.5. The third-order valence-corrected chi connectivity index (χ3v) is 7.84. The second kappa shape index (κ2) is 12.3. The first-order valence-corrected chi connectivity index (χ1v) is 13.8. The Morgan fingerprint density at radius 3 is 2.58 bits per heavy atom. The number of rotatable bonds is 10. The van der Waals surface area contributed by atoms with Crippen LogP contribution in [0.1, 0.15) is 45.4 Å². The Morgan fingerprint density at radius 2 is 1.87 bits per heavy atom. The molecule has 2 N–H and O–H groups in total. The van der Waals surface area contributed by atoms with Gasteiger partial charge in [0, 0.05) is 61.6 Å². The molecule has 0 radical (unpaired) electrons. The summed E-state index contributed by atoms with van der Waals surface area (Å²) >= 11 is 0. The monoisotopic (exact) mass is 517 g/mol. The van der Waals surface area contributed by atoms with E-state index in [-0.39, 0.29) is 12.1 Å². The van der Waals surface area contributed by atoms with Crippen LogP contribution in [0.15, 0.2) is 61.1 Å². The first kappa shape index (κ1) is 26.0. The van der Waals surface area contributed by atoms with Crippen molar-refractivity contribution in [2.24, 2.45) is 0 Å². The average molecular weight is 518 g/mol. The fraction of sp³-hybridized carbons (Fsp3) is 0.483. The van der Waals surface area contributed by atoms with Gasteiger partial charge >= 0.3 is 6.03 Å². The minimum Gasteiger partial charge on any atom is -0.474 e. The summed E-state index contributed by atoms with van der Waals surface area (Å²) in [5.41, 5.74) is 2.56. The van der Waals surface area contributed by atoms with E-state index in [1.807, 2.05) is 47.4 Å². The van der Waals surface area contributed by atoms with Crippen LogP contribution in [-0.2, 0) is 6.54 Å². The lowest BCUT2D eigenvalue weighted by Crippen LogP contribution is -2.41. The van der Waals surface area contributed by atoms with Crippen LogP contribution in [0.5, 0.6) is 5.88 Å². The number of hydrogen-bond acceptors (Lipinski definition) is 6. The third-order valence-electron chi connectivity index (χ3n) is 7.84. The molecule has 3 aromatic rings. The van der Waals surface area contributed by atoms with Gasteiger partial charge in [0.25, 0.3) is 0 Å². The van der Waals surface area contributed by atoms with E-state index in [0.717, 1.165) is 51.0 Å². The highest BCUT2D eigenvalue weighted by Gasteiger charge is 2.28. The van der Waals surface area contributed by atoms with Crippen molar-refractivity contribution in [3.05, 3.63) is 61.1 Å². The van der Waals surface area contributed by atoms with Gasteiger partial charge in [-0.2, -0.15) is 5.10 Å². The van der Waals surface area contributed by atoms with Gasteiger partial charge in [0.2, 0.25) is 5.88 Å². The Balaban J connectivity index is 1.06. The van der Waals surface area contributed by atoms with Crippen LogP contribution in [-0.4, -0.2) is 64.0 Å². The molecular weight excluding hydrogens is 478 g/mol. The van der Waals surface area contributed by atoms with Gasteiger partial charge in [-0.05, 0) is 88.9 Å². The van der Waals surface area contributed by atoms with E-state index in [2.05, 4.69) is 56.6 Å². The Labute approximate surface area is 225 Å². The van der Waals surface area contributed by atoms with Crippen molar-refractivity contribution in [1.82, 2.24) is 19.7 Å². The predicted octanol–water partition coefficient (Wildman–Crippen LogP) is 5.23. The second-order valence-electron chi connectivity index (χ2n) is 10.5. The van der Waals surface area contributed by atoms with Gasteiger partial charge in [0.15, 0.2) is 0 Å². The summed E-state index contributed by atoms with van der Waals surface area (Å²) < 4.78 is 7.89.